The molecule has 2 aliphatic rings. The van der Waals surface area contributed by atoms with Crippen LogP contribution in [-0.4, -0.2) is 61.6 Å². The van der Waals surface area contributed by atoms with Crippen molar-refractivity contribution in [2.24, 2.45) is 5.92 Å². The van der Waals surface area contributed by atoms with E-state index in [4.69, 9.17) is 10.5 Å². The van der Waals surface area contributed by atoms with Crippen molar-refractivity contribution in [1.29, 1.82) is 0 Å². The van der Waals surface area contributed by atoms with Gasteiger partial charge in [0.05, 0.1) is 12.2 Å². The van der Waals surface area contributed by atoms with E-state index in [0.717, 1.165) is 45.9 Å². The first kappa shape index (κ1) is 20.0. The van der Waals surface area contributed by atoms with Gasteiger partial charge in [-0.15, -0.1) is 24.8 Å². The molecule has 23 heavy (non-hydrogen) atoms. The van der Waals surface area contributed by atoms with E-state index in [0.29, 0.717) is 17.2 Å². The predicted molar refractivity (Wildman–Crippen MR) is 96.6 cm³/mol. The first-order valence-corrected chi connectivity index (χ1v) is 7.68. The number of para-hydroxylation sites is 1. The Kier molecular flexibility index (Phi) is 8.12. The Hall–Kier alpha value is -1.01. The number of nitrogens with zero attached hydrogens (tertiary/aromatic N) is 2. The number of amides is 1. The molecule has 0 aromatic heterocycles. The van der Waals surface area contributed by atoms with Crippen molar-refractivity contribution in [3.63, 3.8) is 0 Å². The van der Waals surface area contributed by atoms with Crippen LogP contribution in [0.4, 0.5) is 5.69 Å². The Morgan fingerprint density at radius 1 is 1.17 bits per heavy atom. The molecular formula is C16H25Cl2N3O2. The number of nitrogen functional groups attached to an aromatic ring is 1. The molecule has 2 aliphatic heterocycles. The summed E-state index contributed by atoms with van der Waals surface area (Å²) in [6.45, 7) is 6.32. The fourth-order valence-electron chi connectivity index (χ4n) is 3.09. The molecule has 0 bridgehead atoms. The van der Waals surface area contributed by atoms with Crippen molar-refractivity contribution in [3.05, 3.63) is 29.8 Å². The molecule has 2 N–H and O–H groups in total. The van der Waals surface area contributed by atoms with Crippen LogP contribution in [0.1, 0.15) is 16.8 Å². The lowest BCUT2D eigenvalue weighted by Gasteiger charge is -2.35. The molecular weight excluding hydrogens is 337 g/mol. The standard InChI is InChI=1S/C16H23N3O2.2ClH/c17-15-4-2-1-3-14(15)16(20)19-8-6-18(7-9-19)11-13-5-10-21-12-13;;/h1-4,13H,5-12,17H2;2*1H. The maximum absolute atomic E-state index is 12.5. The minimum atomic E-state index is 0. The second-order valence-electron chi connectivity index (χ2n) is 5.91. The van der Waals surface area contributed by atoms with Crippen LogP contribution >= 0.6 is 24.8 Å². The summed E-state index contributed by atoms with van der Waals surface area (Å²) in [5.41, 5.74) is 7.08. The van der Waals surface area contributed by atoms with E-state index in [2.05, 4.69) is 4.90 Å². The summed E-state index contributed by atoms with van der Waals surface area (Å²) in [6.07, 6.45) is 1.17. The van der Waals surface area contributed by atoms with E-state index in [1.54, 1.807) is 12.1 Å². The SMILES string of the molecule is Cl.Cl.Nc1ccccc1C(=O)N1CCN(CC2CCOC2)CC1. The lowest BCUT2D eigenvalue weighted by atomic mass is 10.1. The highest BCUT2D eigenvalue weighted by atomic mass is 35.5. The molecule has 2 saturated heterocycles. The number of halogens is 2. The van der Waals surface area contributed by atoms with Crippen LogP contribution in [0.3, 0.4) is 0 Å². The second kappa shape index (κ2) is 9.33. The number of rotatable bonds is 3. The maximum Gasteiger partial charge on any atom is 0.256 e. The molecule has 0 spiro atoms. The van der Waals surface area contributed by atoms with Crippen LogP contribution in [0.2, 0.25) is 0 Å². The topological polar surface area (TPSA) is 58.8 Å². The smallest absolute Gasteiger partial charge is 0.256 e. The lowest BCUT2D eigenvalue weighted by molar-refractivity contribution is 0.0612. The lowest BCUT2D eigenvalue weighted by Crippen LogP contribution is -2.49. The van der Waals surface area contributed by atoms with Gasteiger partial charge in [0.15, 0.2) is 0 Å². The quantitative estimate of drug-likeness (QED) is 0.835. The van der Waals surface area contributed by atoms with Crippen LogP contribution < -0.4 is 5.73 Å². The average molecular weight is 362 g/mol. The number of hydrogen-bond donors (Lipinski definition) is 1. The van der Waals surface area contributed by atoms with Crippen molar-refractivity contribution < 1.29 is 9.53 Å². The molecule has 2 fully saturated rings. The number of nitrogens with two attached hydrogens (primary N) is 1. The summed E-state index contributed by atoms with van der Waals surface area (Å²) in [6, 6.07) is 7.30. The molecule has 7 heteroatoms. The Labute approximate surface area is 150 Å². The molecule has 1 aromatic rings. The largest absolute Gasteiger partial charge is 0.398 e. The van der Waals surface area contributed by atoms with Crippen molar-refractivity contribution in [3.8, 4) is 0 Å². The predicted octanol–water partition coefficient (Wildman–Crippen LogP) is 1.91. The van der Waals surface area contributed by atoms with Crippen LogP contribution in [0.25, 0.3) is 0 Å². The first-order chi connectivity index (χ1) is 10.2. The molecule has 0 aliphatic carbocycles. The zero-order chi connectivity index (χ0) is 14.7. The number of ether oxygens (including phenoxy) is 1. The van der Waals surface area contributed by atoms with Gasteiger partial charge in [0.2, 0.25) is 0 Å². The minimum absolute atomic E-state index is 0. The Morgan fingerprint density at radius 2 is 1.87 bits per heavy atom. The zero-order valence-electron chi connectivity index (χ0n) is 13.1. The van der Waals surface area contributed by atoms with Gasteiger partial charge in [-0.2, -0.15) is 0 Å². The monoisotopic (exact) mass is 361 g/mol. The Bertz CT molecular complexity index is 502. The molecule has 1 unspecified atom stereocenters. The highest BCUT2D eigenvalue weighted by molar-refractivity contribution is 5.99. The third-order valence-electron chi connectivity index (χ3n) is 4.39. The molecule has 5 nitrogen and oxygen atoms in total. The molecule has 0 saturated carbocycles. The third kappa shape index (κ3) is 4.98. The van der Waals surface area contributed by atoms with Gasteiger partial charge in [-0.05, 0) is 24.5 Å². The van der Waals surface area contributed by atoms with Gasteiger partial charge in [0, 0.05) is 45.0 Å². The van der Waals surface area contributed by atoms with Gasteiger partial charge in [-0.3, -0.25) is 9.69 Å². The van der Waals surface area contributed by atoms with Gasteiger partial charge in [0.1, 0.15) is 0 Å². The highest BCUT2D eigenvalue weighted by Gasteiger charge is 2.25. The fourth-order valence-corrected chi connectivity index (χ4v) is 3.09. The van der Waals surface area contributed by atoms with E-state index >= 15 is 0 Å². The normalized spacial score (nSPS) is 21.4. The summed E-state index contributed by atoms with van der Waals surface area (Å²) < 4.78 is 5.42. The van der Waals surface area contributed by atoms with Gasteiger partial charge in [-0.25, -0.2) is 0 Å². The molecule has 0 radical (unpaired) electrons. The molecule has 2 heterocycles. The first-order valence-electron chi connectivity index (χ1n) is 7.68. The van der Waals surface area contributed by atoms with E-state index in [9.17, 15) is 4.79 Å². The van der Waals surface area contributed by atoms with Crippen LogP contribution in [0.5, 0.6) is 0 Å². The van der Waals surface area contributed by atoms with Crippen molar-refractivity contribution >= 4 is 36.4 Å². The number of hydrogen-bond acceptors (Lipinski definition) is 4. The van der Waals surface area contributed by atoms with E-state index in [1.807, 2.05) is 17.0 Å². The minimum Gasteiger partial charge on any atom is -0.398 e. The summed E-state index contributed by atoms with van der Waals surface area (Å²) in [5.74, 6) is 0.717. The van der Waals surface area contributed by atoms with Gasteiger partial charge >= 0.3 is 0 Å². The molecule has 3 rings (SSSR count). The summed E-state index contributed by atoms with van der Waals surface area (Å²) in [5, 5.41) is 0. The van der Waals surface area contributed by atoms with E-state index in [-0.39, 0.29) is 30.7 Å². The van der Waals surface area contributed by atoms with Crippen LogP contribution in [-0.2, 0) is 4.74 Å². The molecule has 1 aromatic carbocycles. The third-order valence-corrected chi connectivity index (χ3v) is 4.39. The van der Waals surface area contributed by atoms with Crippen molar-refractivity contribution in [2.75, 3.05) is 51.7 Å². The Balaban J connectivity index is 0.00000132. The average Bonchev–Trinajstić information content (AvgIpc) is 3.01. The van der Waals surface area contributed by atoms with Crippen molar-refractivity contribution in [2.45, 2.75) is 6.42 Å². The molecule has 130 valence electrons. The van der Waals surface area contributed by atoms with Crippen LogP contribution in [0.15, 0.2) is 24.3 Å². The van der Waals surface area contributed by atoms with Gasteiger partial charge in [0.25, 0.3) is 5.91 Å². The highest BCUT2D eigenvalue weighted by Crippen LogP contribution is 2.17. The molecule has 1 atom stereocenters. The maximum atomic E-state index is 12.5. The van der Waals surface area contributed by atoms with Crippen molar-refractivity contribution in [1.82, 2.24) is 9.80 Å². The zero-order valence-corrected chi connectivity index (χ0v) is 14.8. The summed E-state index contributed by atoms with van der Waals surface area (Å²) in [4.78, 5) is 16.8. The number of carbonyl (C=O) groups excluding carboxylic acids is 1. The number of anilines is 1. The fraction of sp³-hybridized carbons (Fsp3) is 0.562. The molecule has 1 amide bonds. The second-order valence-corrected chi connectivity index (χ2v) is 5.91. The van der Waals surface area contributed by atoms with Crippen LogP contribution in [0, 0.1) is 5.92 Å². The van der Waals surface area contributed by atoms with Gasteiger partial charge in [-0.1, -0.05) is 12.1 Å². The number of carbonyl (C=O) groups is 1. The van der Waals surface area contributed by atoms with E-state index < -0.39 is 0 Å². The summed E-state index contributed by atoms with van der Waals surface area (Å²) >= 11 is 0. The Morgan fingerprint density at radius 3 is 2.48 bits per heavy atom. The van der Waals surface area contributed by atoms with E-state index in [1.165, 1.54) is 6.42 Å². The number of piperazine rings is 1. The van der Waals surface area contributed by atoms with Gasteiger partial charge < -0.3 is 15.4 Å². The number of benzene rings is 1. The summed E-state index contributed by atoms with van der Waals surface area (Å²) in [7, 11) is 0.